The van der Waals surface area contributed by atoms with E-state index in [1.165, 1.54) is 0 Å². The van der Waals surface area contributed by atoms with Gasteiger partial charge in [0.25, 0.3) is 11.5 Å². The lowest BCUT2D eigenvalue weighted by Gasteiger charge is -2.10. The number of aryl methyl sites for hydroxylation is 1. The van der Waals surface area contributed by atoms with Gasteiger partial charge in [0.1, 0.15) is 5.82 Å². The molecule has 28 heavy (non-hydrogen) atoms. The lowest BCUT2D eigenvalue weighted by atomic mass is 9.95. The maximum atomic E-state index is 12.1. The molecule has 2 heterocycles. The Hall–Kier alpha value is -3.36. The number of amides is 1. The lowest BCUT2D eigenvalue weighted by molar-refractivity contribution is -0.137. The van der Waals surface area contributed by atoms with Crippen LogP contribution in [0, 0.1) is 0 Å². The number of nitrogens with one attached hydrogen (secondary N) is 3. The number of anilines is 2. The van der Waals surface area contributed by atoms with Gasteiger partial charge in [-0.25, -0.2) is 0 Å². The van der Waals surface area contributed by atoms with Gasteiger partial charge in [0.15, 0.2) is 0 Å². The van der Waals surface area contributed by atoms with Crippen molar-refractivity contribution >= 4 is 23.6 Å². The molecule has 0 bridgehead atoms. The molecule has 0 saturated carbocycles. The fraction of sp³-hybridized carbons (Fsp3) is 0.368. The van der Waals surface area contributed by atoms with Crippen LogP contribution in [0.25, 0.3) is 0 Å². The summed E-state index contributed by atoms with van der Waals surface area (Å²) in [5, 5.41) is 14.4. The van der Waals surface area contributed by atoms with Crippen LogP contribution in [0.5, 0.6) is 0 Å². The molecule has 1 unspecified atom stereocenters. The maximum absolute atomic E-state index is 12.1. The van der Waals surface area contributed by atoms with E-state index in [0.717, 1.165) is 18.4 Å². The molecule has 0 radical (unpaired) electrons. The Bertz CT molecular complexity index is 923. The van der Waals surface area contributed by atoms with Crippen molar-refractivity contribution in [2.45, 2.75) is 31.6 Å². The summed E-state index contributed by atoms with van der Waals surface area (Å²) in [7, 11) is 0. The van der Waals surface area contributed by atoms with E-state index in [-0.39, 0.29) is 29.8 Å². The Morgan fingerprint density at radius 2 is 2.04 bits per heavy atom. The molecule has 2 aromatic rings. The number of aromatic amines is 1. The van der Waals surface area contributed by atoms with E-state index in [1.807, 2.05) is 12.1 Å². The molecule has 0 spiro atoms. The topological polar surface area (TPSA) is 150 Å². The summed E-state index contributed by atoms with van der Waals surface area (Å²) in [5.74, 6) is -0.375. The molecule has 1 atom stereocenters. The van der Waals surface area contributed by atoms with Gasteiger partial charge in [-0.3, -0.25) is 19.4 Å². The quantitative estimate of drug-likeness (QED) is 0.427. The first-order valence-electron chi connectivity index (χ1n) is 9.16. The average Bonchev–Trinajstić information content (AvgIpc) is 3.06. The van der Waals surface area contributed by atoms with E-state index in [0.29, 0.717) is 36.5 Å². The molecule has 1 amide bonds. The first-order valence-corrected chi connectivity index (χ1v) is 9.16. The Morgan fingerprint density at radius 1 is 1.29 bits per heavy atom. The summed E-state index contributed by atoms with van der Waals surface area (Å²) in [6.07, 6.45) is 1.96. The third-order valence-electron chi connectivity index (χ3n) is 4.75. The predicted molar refractivity (Wildman–Crippen MR) is 104 cm³/mol. The second-order valence-electron chi connectivity index (χ2n) is 6.78. The average molecular weight is 385 g/mol. The first kappa shape index (κ1) is 19.4. The van der Waals surface area contributed by atoms with E-state index >= 15 is 0 Å². The van der Waals surface area contributed by atoms with Crippen molar-refractivity contribution < 1.29 is 14.7 Å². The number of rotatable bonds is 8. The van der Waals surface area contributed by atoms with Crippen LogP contribution in [-0.2, 0) is 11.2 Å². The van der Waals surface area contributed by atoms with Crippen LogP contribution in [-0.4, -0.2) is 40.0 Å². The van der Waals surface area contributed by atoms with Gasteiger partial charge in [-0.05, 0) is 37.0 Å². The fourth-order valence-electron chi connectivity index (χ4n) is 3.29. The number of benzene rings is 1. The molecule has 9 heteroatoms. The molecular weight excluding hydrogens is 362 g/mol. The van der Waals surface area contributed by atoms with E-state index < -0.39 is 5.97 Å². The summed E-state index contributed by atoms with van der Waals surface area (Å²) in [6, 6.07) is 7.28. The van der Waals surface area contributed by atoms with Gasteiger partial charge >= 0.3 is 5.97 Å². The highest BCUT2D eigenvalue weighted by molar-refractivity contribution is 5.94. The molecule has 6 N–H and O–H groups in total. The number of nitrogen functional groups attached to an aromatic ring is 1. The van der Waals surface area contributed by atoms with Gasteiger partial charge in [0, 0.05) is 31.0 Å². The zero-order chi connectivity index (χ0) is 20.1. The van der Waals surface area contributed by atoms with Crippen LogP contribution in [0.15, 0.2) is 29.1 Å². The molecule has 148 valence electrons. The minimum atomic E-state index is -0.875. The number of carboxylic acids is 1. The Labute approximate surface area is 161 Å². The summed E-state index contributed by atoms with van der Waals surface area (Å²) >= 11 is 0. The number of carbonyl (C=O) groups is 2. The number of aliphatic carboxylic acids is 1. The van der Waals surface area contributed by atoms with Gasteiger partial charge in [-0.15, -0.1) is 0 Å². The van der Waals surface area contributed by atoms with Gasteiger partial charge in [-0.2, -0.15) is 4.98 Å². The maximum Gasteiger partial charge on any atom is 0.303 e. The molecule has 1 aromatic heterocycles. The summed E-state index contributed by atoms with van der Waals surface area (Å²) in [5.41, 5.74) is 7.61. The number of carbonyl (C=O) groups excluding carboxylic acids is 1. The normalized spacial score (nSPS) is 14.9. The number of hydrogen-bond acceptors (Lipinski definition) is 6. The summed E-state index contributed by atoms with van der Waals surface area (Å²) in [6.45, 7) is 0.972. The first-order chi connectivity index (χ1) is 13.4. The predicted octanol–water partition coefficient (Wildman–Crippen LogP) is 1.09. The number of H-pyrrole nitrogens is 1. The third-order valence-corrected chi connectivity index (χ3v) is 4.75. The molecule has 1 aromatic carbocycles. The van der Waals surface area contributed by atoms with Crippen molar-refractivity contribution in [2.75, 3.05) is 24.1 Å². The van der Waals surface area contributed by atoms with Crippen molar-refractivity contribution in [1.29, 1.82) is 0 Å². The highest BCUT2D eigenvalue weighted by Gasteiger charge is 2.26. The van der Waals surface area contributed by atoms with Crippen LogP contribution >= 0.6 is 0 Å². The van der Waals surface area contributed by atoms with E-state index in [2.05, 4.69) is 20.6 Å². The van der Waals surface area contributed by atoms with Crippen LogP contribution in [0.3, 0.4) is 0 Å². The van der Waals surface area contributed by atoms with Gasteiger partial charge in [0.2, 0.25) is 5.95 Å². The van der Waals surface area contributed by atoms with Crippen molar-refractivity contribution in [1.82, 2.24) is 15.3 Å². The lowest BCUT2D eigenvalue weighted by Crippen LogP contribution is -2.24. The van der Waals surface area contributed by atoms with Crippen LogP contribution in [0.4, 0.5) is 11.8 Å². The standard InChI is InChI=1S/C19H23N5O4/c20-19-23-16-15(18(28)24-19)13(10-22-16)8-5-11-3-6-12(7-4-11)17(27)21-9-1-2-14(25)26/h3-4,6-7,13H,1-2,5,8-10H2,(H,21,27)(H,25,26)(H4,20,22,23,24,28). The Balaban J connectivity index is 1.53. The second kappa shape index (κ2) is 8.55. The van der Waals surface area contributed by atoms with Gasteiger partial charge < -0.3 is 21.5 Å². The van der Waals surface area contributed by atoms with Crippen molar-refractivity contribution in [3.05, 3.63) is 51.3 Å². The van der Waals surface area contributed by atoms with Crippen LogP contribution < -0.4 is 21.9 Å². The smallest absolute Gasteiger partial charge is 0.303 e. The zero-order valence-electron chi connectivity index (χ0n) is 15.3. The monoisotopic (exact) mass is 385 g/mol. The number of hydrogen-bond donors (Lipinski definition) is 5. The number of nitrogens with zero attached hydrogens (tertiary/aromatic N) is 1. The summed E-state index contributed by atoms with van der Waals surface area (Å²) < 4.78 is 0. The SMILES string of the molecule is Nc1nc2c(c(=O)[nH]1)C(CCc1ccc(C(=O)NCCCC(=O)O)cc1)CN2. The number of fused-ring (bicyclic) bond motifs is 1. The fourth-order valence-corrected chi connectivity index (χ4v) is 3.29. The molecular formula is C19H23N5O4. The minimum absolute atomic E-state index is 0.0311. The minimum Gasteiger partial charge on any atom is -0.481 e. The van der Waals surface area contributed by atoms with Crippen LogP contribution in [0.2, 0.25) is 0 Å². The number of aromatic nitrogens is 2. The molecule has 1 aliphatic rings. The molecule has 3 rings (SSSR count). The Kier molecular flexibility index (Phi) is 5.93. The molecule has 0 saturated heterocycles. The van der Waals surface area contributed by atoms with E-state index in [1.54, 1.807) is 12.1 Å². The van der Waals surface area contributed by atoms with Gasteiger partial charge in [0.05, 0.1) is 5.56 Å². The molecule has 0 aliphatic carbocycles. The third kappa shape index (κ3) is 4.67. The second-order valence-corrected chi connectivity index (χ2v) is 6.78. The highest BCUT2D eigenvalue weighted by atomic mass is 16.4. The number of carboxylic acid groups (broad SMARTS) is 1. The van der Waals surface area contributed by atoms with E-state index in [9.17, 15) is 14.4 Å². The highest BCUT2D eigenvalue weighted by Crippen LogP contribution is 2.30. The van der Waals surface area contributed by atoms with E-state index in [4.69, 9.17) is 10.8 Å². The summed E-state index contributed by atoms with van der Waals surface area (Å²) in [4.78, 5) is 41.3. The number of nitrogens with two attached hydrogens (primary N) is 1. The van der Waals surface area contributed by atoms with Crippen molar-refractivity contribution in [3.8, 4) is 0 Å². The Morgan fingerprint density at radius 3 is 2.75 bits per heavy atom. The molecule has 0 fully saturated rings. The van der Waals surface area contributed by atoms with Crippen molar-refractivity contribution in [2.24, 2.45) is 0 Å². The zero-order valence-corrected chi connectivity index (χ0v) is 15.3. The largest absolute Gasteiger partial charge is 0.481 e. The van der Waals surface area contributed by atoms with Crippen molar-refractivity contribution in [3.63, 3.8) is 0 Å². The van der Waals surface area contributed by atoms with Crippen LogP contribution in [0.1, 0.15) is 46.7 Å². The van der Waals surface area contributed by atoms with Gasteiger partial charge in [-0.1, -0.05) is 12.1 Å². The molecule has 9 nitrogen and oxygen atoms in total. The molecule has 1 aliphatic heterocycles.